The average Bonchev–Trinajstić information content (AvgIpc) is 2.88. The SMILES string of the molecule is CN(Cc1ccccn1)[C@@H]1CCCN(Cc2cccc(C(N)=O)c2)CC1. The second-order valence-corrected chi connectivity index (χ2v) is 7.16. The summed E-state index contributed by atoms with van der Waals surface area (Å²) in [5, 5.41) is 0. The fraction of sp³-hybridized carbons (Fsp3) is 0.429. The Bertz CT molecular complexity index is 719. The first-order valence-corrected chi connectivity index (χ1v) is 9.33. The highest BCUT2D eigenvalue weighted by atomic mass is 16.1. The summed E-state index contributed by atoms with van der Waals surface area (Å²) < 4.78 is 0. The first-order chi connectivity index (χ1) is 12.6. The summed E-state index contributed by atoms with van der Waals surface area (Å²) in [5.41, 5.74) is 8.26. The topological polar surface area (TPSA) is 62.5 Å². The zero-order chi connectivity index (χ0) is 18.4. The van der Waals surface area contributed by atoms with Crippen LogP contribution in [-0.2, 0) is 13.1 Å². The standard InChI is InChI=1S/C21H28N4O/c1-24(16-19-8-2-3-11-23-19)20-9-5-12-25(13-10-20)15-17-6-4-7-18(14-17)21(22)26/h2-4,6-8,11,14,20H,5,9-10,12-13,15-16H2,1H3,(H2,22,26)/t20-/m1/s1. The molecule has 1 aliphatic heterocycles. The predicted octanol–water partition coefficient (Wildman–Crippen LogP) is 2.67. The van der Waals surface area contributed by atoms with Crippen LogP contribution in [0.2, 0.25) is 0 Å². The lowest BCUT2D eigenvalue weighted by molar-refractivity contribution is 0.1000. The summed E-state index contributed by atoms with van der Waals surface area (Å²) in [4.78, 5) is 20.7. The van der Waals surface area contributed by atoms with Crippen LogP contribution in [0.3, 0.4) is 0 Å². The van der Waals surface area contributed by atoms with Gasteiger partial charge in [0.05, 0.1) is 5.69 Å². The zero-order valence-electron chi connectivity index (χ0n) is 15.5. The van der Waals surface area contributed by atoms with Gasteiger partial charge >= 0.3 is 0 Å². The smallest absolute Gasteiger partial charge is 0.248 e. The number of benzene rings is 1. The summed E-state index contributed by atoms with van der Waals surface area (Å²) in [5.74, 6) is -0.362. The molecule has 5 nitrogen and oxygen atoms in total. The molecule has 138 valence electrons. The molecule has 5 heteroatoms. The second-order valence-electron chi connectivity index (χ2n) is 7.16. The van der Waals surface area contributed by atoms with E-state index in [1.54, 1.807) is 6.07 Å². The molecular weight excluding hydrogens is 324 g/mol. The molecule has 26 heavy (non-hydrogen) atoms. The molecule has 0 radical (unpaired) electrons. The van der Waals surface area contributed by atoms with Crippen molar-refractivity contribution < 1.29 is 4.79 Å². The van der Waals surface area contributed by atoms with E-state index in [1.165, 1.54) is 12.8 Å². The Morgan fingerprint density at radius 3 is 2.88 bits per heavy atom. The van der Waals surface area contributed by atoms with E-state index < -0.39 is 0 Å². The van der Waals surface area contributed by atoms with Crippen molar-refractivity contribution in [2.75, 3.05) is 20.1 Å². The van der Waals surface area contributed by atoms with Crippen molar-refractivity contribution in [2.24, 2.45) is 5.73 Å². The van der Waals surface area contributed by atoms with Crippen LogP contribution < -0.4 is 5.73 Å². The van der Waals surface area contributed by atoms with Gasteiger partial charge in [-0.15, -0.1) is 0 Å². The van der Waals surface area contributed by atoms with Crippen LogP contribution in [0.4, 0.5) is 0 Å². The van der Waals surface area contributed by atoms with Gasteiger partial charge in [0.25, 0.3) is 0 Å². The Labute approximate surface area is 155 Å². The van der Waals surface area contributed by atoms with Gasteiger partial charge in [-0.25, -0.2) is 0 Å². The molecule has 2 N–H and O–H groups in total. The van der Waals surface area contributed by atoms with Crippen molar-refractivity contribution in [2.45, 2.75) is 38.4 Å². The molecule has 1 saturated heterocycles. The summed E-state index contributed by atoms with van der Waals surface area (Å²) in [6.45, 7) is 3.93. The highest BCUT2D eigenvalue weighted by molar-refractivity contribution is 5.92. The van der Waals surface area contributed by atoms with Crippen LogP contribution in [0.5, 0.6) is 0 Å². The maximum Gasteiger partial charge on any atom is 0.248 e. The summed E-state index contributed by atoms with van der Waals surface area (Å²) in [6.07, 6.45) is 5.41. The van der Waals surface area contributed by atoms with Crippen molar-refractivity contribution in [1.29, 1.82) is 0 Å². The van der Waals surface area contributed by atoms with Crippen LogP contribution in [0.1, 0.15) is 40.9 Å². The van der Waals surface area contributed by atoms with Gasteiger partial charge in [-0.3, -0.25) is 19.6 Å². The quantitative estimate of drug-likeness (QED) is 0.868. The van der Waals surface area contributed by atoms with Gasteiger partial charge < -0.3 is 5.73 Å². The van der Waals surface area contributed by atoms with Gasteiger partial charge in [0, 0.05) is 30.9 Å². The number of carbonyl (C=O) groups excluding carboxylic acids is 1. The van der Waals surface area contributed by atoms with E-state index in [0.29, 0.717) is 11.6 Å². The van der Waals surface area contributed by atoms with Crippen LogP contribution >= 0.6 is 0 Å². The second kappa shape index (κ2) is 8.92. The molecule has 1 aromatic heterocycles. The van der Waals surface area contributed by atoms with Crippen LogP contribution in [-0.4, -0.2) is 46.9 Å². The van der Waals surface area contributed by atoms with E-state index in [2.05, 4.69) is 34.0 Å². The summed E-state index contributed by atoms with van der Waals surface area (Å²) in [6, 6.07) is 14.4. The number of nitrogens with two attached hydrogens (primary N) is 1. The van der Waals surface area contributed by atoms with Gasteiger partial charge in [-0.1, -0.05) is 18.2 Å². The number of hydrogen-bond donors (Lipinski definition) is 1. The van der Waals surface area contributed by atoms with E-state index in [0.717, 1.165) is 43.9 Å². The van der Waals surface area contributed by atoms with Crippen molar-refractivity contribution >= 4 is 5.91 Å². The Kier molecular flexibility index (Phi) is 6.36. The molecule has 1 aromatic carbocycles. The van der Waals surface area contributed by atoms with Gasteiger partial charge in [0.2, 0.25) is 5.91 Å². The zero-order valence-corrected chi connectivity index (χ0v) is 15.5. The summed E-state index contributed by atoms with van der Waals surface area (Å²) in [7, 11) is 2.20. The van der Waals surface area contributed by atoms with Crippen molar-refractivity contribution in [1.82, 2.24) is 14.8 Å². The maximum absolute atomic E-state index is 11.4. The van der Waals surface area contributed by atoms with Crippen molar-refractivity contribution in [3.63, 3.8) is 0 Å². The molecule has 0 saturated carbocycles. The lowest BCUT2D eigenvalue weighted by Gasteiger charge is -2.27. The molecule has 1 fully saturated rings. The Hall–Kier alpha value is -2.24. The van der Waals surface area contributed by atoms with E-state index in [9.17, 15) is 4.79 Å². The van der Waals surface area contributed by atoms with Crippen LogP contribution in [0, 0.1) is 0 Å². The molecule has 3 rings (SSSR count). The number of pyridine rings is 1. The number of likely N-dealkylation sites (tertiary alicyclic amines) is 1. The van der Waals surface area contributed by atoms with Gasteiger partial charge in [0.1, 0.15) is 0 Å². The first-order valence-electron chi connectivity index (χ1n) is 9.33. The van der Waals surface area contributed by atoms with Crippen molar-refractivity contribution in [3.8, 4) is 0 Å². The number of primary amides is 1. The third-order valence-electron chi connectivity index (χ3n) is 5.17. The minimum Gasteiger partial charge on any atom is -0.366 e. The molecular formula is C21H28N4O. The van der Waals surface area contributed by atoms with E-state index in [4.69, 9.17) is 5.73 Å². The maximum atomic E-state index is 11.4. The molecule has 1 amide bonds. The monoisotopic (exact) mass is 352 g/mol. The van der Waals surface area contributed by atoms with Gasteiger partial charge in [0.15, 0.2) is 0 Å². The molecule has 2 heterocycles. The average molecular weight is 352 g/mol. The van der Waals surface area contributed by atoms with Gasteiger partial charge in [-0.2, -0.15) is 0 Å². The molecule has 1 aliphatic rings. The fourth-order valence-electron chi connectivity index (χ4n) is 3.69. The van der Waals surface area contributed by atoms with Crippen molar-refractivity contribution in [3.05, 3.63) is 65.5 Å². The molecule has 0 aliphatic carbocycles. The minimum atomic E-state index is -0.362. The fourth-order valence-corrected chi connectivity index (χ4v) is 3.69. The number of hydrogen-bond acceptors (Lipinski definition) is 4. The molecule has 0 spiro atoms. The Morgan fingerprint density at radius 2 is 2.12 bits per heavy atom. The number of rotatable bonds is 6. The number of nitrogens with zero attached hydrogens (tertiary/aromatic N) is 3. The minimum absolute atomic E-state index is 0.362. The highest BCUT2D eigenvalue weighted by Crippen LogP contribution is 2.19. The Balaban J connectivity index is 1.54. The molecule has 1 atom stereocenters. The largest absolute Gasteiger partial charge is 0.366 e. The molecule has 2 aromatic rings. The Morgan fingerprint density at radius 1 is 1.23 bits per heavy atom. The summed E-state index contributed by atoms with van der Waals surface area (Å²) >= 11 is 0. The van der Waals surface area contributed by atoms with E-state index in [-0.39, 0.29) is 5.91 Å². The van der Waals surface area contributed by atoms with E-state index >= 15 is 0 Å². The third kappa shape index (κ3) is 5.13. The molecule has 0 unspecified atom stereocenters. The van der Waals surface area contributed by atoms with E-state index in [1.807, 2.05) is 30.5 Å². The van der Waals surface area contributed by atoms with Gasteiger partial charge in [-0.05, 0) is 69.2 Å². The number of amides is 1. The van der Waals surface area contributed by atoms with Crippen LogP contribution in [0.25, 0.3) is 0 Å². The first kappa shape index (κ1) is 18.5. The normalized spacial score (nSPS) is 18.6. The number of aromatic nitrogens is 1. The lowest BCUT2D eigenvalue weighted by atomic mass is 10.1. The lowest BCUT2D eigenvalue weighted by Crippen LogP contribution is -2.32. The molecule has 0 bridgehead atoms. The number of carbonyl (C=O) groups is 1. The predicted molar refractivity (Wildman–Crippen MR) is 104 cm³/mol. The highest BCUT2D eigenvalue weighted by Gasteiger charge is 2.21. The third-order valence-corrected chi connectivity index (χ3v) is 5.17. The van der Waals surface area contributed by atoms with Crippen LogP contribution in [0.15, 0.2) is 48.7 Å².